The first-order valence-corrected chi connectivity index (χ1v) is 20.6. The summed E-state index contributed by atoms with van der Waals surface area (Å²) >= 11 is 0. The zero-order valence-corrected chi connectivity index (χ0v) is 32.1. The molecule has 270 valence electrons. The summed E-state index contributed by atoms with van der Waals surface area (Å²) < 4.78 is 0. The van der Waals surface area contributed by atoms with E-state index in [-0.39, 0.29) is 10.8 Å². The third-order valence-electron chi connectivity index (χ3n) is 14.1. The van der Waals surface area contributed by atoms with Crippen LogP contribution in [-0.2, 0) is 10.8 Å². The van der Waals surface area contributed by atoms with E-state index in [1.807, 2.05) is 18.2 Å². The summed E-state index contributed by atoms with van der Waals surface area (Å²) in [7, 11) is 0. The third-order valence-corrected chi connectivity index (χ3v) is 14.1. The van der Waals surface area contributed by atoms with E-state index in [1.165, 1.54) is 81.8 Å². The minimum atomic E-state index is 0.286. The smallest absolute Gasteiger partial charge is 0.164 e. The van der Waals surface area contributed by atoms with Gasteiger partial charge in [0.25, 0.3) is 0 Å². The molecule has 4 aromatic carbocycles. The summed E-state index contributed by atoms with van der Waals surface area (Å²) in [6.07, 6.45) is 14.7. The average Bonchev–Trinajstić information content (AvgIpc) is 3.16. The topological polar surface area (TPSA) is 62.5 Å². The lowest BCUT2D eigenvalue weighted by atomic mass is 9.54. The normalized spacial score (nSPS) is 30.8. The molecule has 4 fully saturated rings. The summed E-state index contributed by atoms with van der Waals surface area (Å²) in [5, 5.41) is 11.7. The molecule has 1 heterocycles. The summed E-state index contributed by atoms with van der Waals surface area (Å²) in [6, 6.07) is 33.0. The van der Waals surface area contributed by atoms with E-state index < -0.39 is 0 Å². The fourth-order valence-electron chi connectivity index (χ4n) is 12.4. The Morgan fingerprint density at radius 2 is 1.08 bits per heavy atom. The molecule has 0 N–H and O–H groups in total. The van der Waals surface area contributed by atoms with Crippen LogP contribution in [0.5, 0.6) is 0 Å². The predicted octanol–water partition coefficient (Wildman–Crippen LogP) is 12.5. The van der Waals surface area contributed by atoms with Crippen molar-refractivity contribution in [3.05, 3.63) is 102 Å². The van der Waals surface area contributed by atoms with E-state index in [0.717, 1.165) is 63.0 Å². The van der Waals surface area contributed by atoms with Gasteiger partial charge in [-0.2, -0.15) is 5.26 Å². The van der Waals surface area contributed by atoms with E-state index >= 15 is 0 Å². The number of nitriles is 1. The Kier molecular flexibility index (Phi) is 8.76. The maximum atomic E-state index is 9.73. The highest BCUT2D eigenvalue weighted by Crippen LogP contribution is 2.56. The highest BCUT2D eigenvalue weighted by Gasteiger charge is 2.46. The molecule has 1 aromatic heterocycles. The molecule has 5 aromatic rings. The molecule has 8 atom stereocenters. The van der Waals surface area contributed by atoms with Gasteiger partial charge in [0.1, 0.15) is 0 Å². The van der Waals surface area contributed by atoms with Gasteiger partial charge in [0.05, 0.1) is 11.6 Å². The summed E-state index contributed by atoms with van der Waals surface area (Å²) in [4.78, 5) is 15.5. The van der Waals surface area contributed by atoms with E-state index in [1.54, 1.807) is 0 Å². The number of fused-ring (bicyclic) bond motifs is 5. The Labute approximate surface area is 316 Å². The summed E-state index contributed by atoms with van der Waals surface area (Å²) in [6.45, 7) is 9.78. The molecule has 4 heteroatoms. The van der Waals surface area contributed by atoms with Crippen LogP contribution < -0.4 is 0 Å². The van der Waals surface area contributed by atoms with Crippen molar-refractivity contribution >= 4 is 10.8 Å². The Morgan fingerprint density at radius 3 is 1.60 bits per heavy atom. The molecule has 4 saturated carbocycles. The Bertz CT molecular complexity index is 2150. The van der Waals surface area contributed by atoms with Crippen LogP contribution in [-0.4, -0.2) is 15.0 Å². The van der Waals surface area contributed by atoms with Gasteiger partial charge in [0.15, 0.2) is 17.5 Å². The molecule has 0 amide bonds. The fourth-order valence-corrected chi connectivity index (χ4v) is 12.4. The van der Waals surface area contributed by atoms with Crippen molar-refractivity contribution in [1.29, 1.82) is 5.26 Å². The maximum Gasteiger partial charge on any atom is 0.164 e. The average molecular weight is 699 g/mol. The molecule has 0 spiro atoms. The Balaban J connectivity index is 1.11. The molecule has 4 bridgehead atoms. The van der Waals surface area contributed by atoms with Gasteiger partial charge >= 0.3 is 0 Å². The summed E-state index contributed by atoms with van der Waals surface area (Å²) in [5.41, 5.74) is 7.22. The highest BCUT2D eigenvalue weighted by molar-refractivity contribution is 5.91. The second-order valence-corrected chi connectivity index (χ2v) is 18.4. The van der Waals surface area contributed by atoms with Gasteiger partial charge in [-0.25, -0.2) is 15.0 Å². The second kappa shape index (κ2) is 13.5. The highest BCUT2D eigenvalue weighted by atomic mass is 15.0. The molecule has 4 nitrogen and oxygen atoms in total. The lowest BCUT2D eigenvalue weighted by Crippen LogP contribution is -2.42. The monoisotopic (exact) mass is 698 g/mol. The van der Waals surface area contributed by atoms with Gasteiger partial charge in [0.2, 0.25) is 0 Å². The molecule has 4 aliphatic carbocycles. The van der Waals surface area contributed by atoms with Crippen molar-refractivity contribution < 1.29 is 0 Å². The standard InChI is InChI=1S/C49H54N4/c1-5-34-22-36-21-33(4)26-49(27-34,29-36)43-16-11-38(12-17-43)46-51-45(52-47(53-46)40-13-18-44-39(23-40)7-6-8-41(44)30-50)37-9-14-42(15-10-37)48-24-31(2)19-35(28-48)20-32(3)25-48/h6-18,23,31-36H,5,19-22,24-29H2,1-4H3/t31-,32+,33-,34+,35-,36-,48?,49?/m0/s1. The minimum Gasteiger partial charge on any atom is -0.208 e. The largest absolute Gasteiger partial charge is 0.208 e. The van der Waals surface area contributed by atoms with Crippen molar-refractivity contribution in [3.8, 4) is 40.2 Å². The number of hydrogen-bond donors (Lipinski definition) is 0. The van der Waals surface area contributed by atoms with Crippen LogP contribution in [0, 0.1) is 46.8 Å². The summed E-state index contributed by atoms with van der Waals surface area (Å²) in [5.74, 6) is 6.94. The number of hydrogen-bond acceptors (Lipinski definition) is 4. The zero-order chi connectivity index (χ0) is 36.3. The van der Waals surface area contributed by atoms with Crippen LogP contribution >= 0.6 is 0 Å². The van der Waals surface area contributed by atoms with Gasteiger partial charge in [-0.3, -0.25) is 0 Å². The van der Waals surface area contributed by atoms with Crippen molar-refractivity contribution in [1.82, 2.24) is 15.0 Å². The number of nitrogens with zero attached hydrogens (tertiary/aromatic N) is 4. The van der Waals surface area contributed by atoms with Gasteiger partial charge < -0.3 is 0 Å². The number of benzene rings is 4. The van der Waals surface area contributed by atoms with Crippen LogP contribution in [0.25, 0.3) is 44.9 Å². The van der Waals surface area contributed by atoms with E-state index in [2.05, 4.69) is 100 Å². The van der Waals surface area contributed by atoms with Gasteiger partial charge in [-0.05, 0) is 145 Å². The maximum absolute atomic E-state index is 9.73. The fraction of sp³-hybridized carbons (Fsp3) is 0.469. The van der Waals surface area contributed by atoms with Crippen LogP contribution in [0.3, 0.4) is 0 Å². The molecular weight excluding hydrogens is 645 g/mol. The quantitative estimate of drug-likeness (QED) is 0.177. The second-order valence-electron chi connectivity index (χ2n) is 18.4. The van der Waals surface area contributed by atoms with E-state index in [9.17, 15) is 5.26 Å². The van der Waals surface area contributed by atoms with Crippen molar-refractivity contribution in [2.45, 2.75) is 109 Å². The van der Waals surface area contributed by atoms with Gasteiger partial charge in [-0.15, -0.1) is 0 Å². The Morgan fingerprint density at radius 1 is 0.585 bits per heavy atom. The van der Waals surface area contributed by atoms with Gasteiger partial charge in [0, 0.05) is 16.7 Å². The van der Waals surface area contributed by atoms with Crippen LogP contribution in [0.2, 0.25) is 0 Å². The first-order valence-electron chi connectivity index (χ1n) is 20.6. The molecule has 0 radical (unpaired) electrons. The Hall–Kier alpha value is -4.36. The zero-order valence-electron chi connectivity index (χ0n) is 32.1. The minimum absolute atomic E-state index is 0.286. The molecule has 2 unspecified atom stereocenters. The lowest BCUT2D eigenvalue weighted by molar-refractivity contribution is 0.0702. The molecule has 0 saturated heterocycles. The van der Waals surface area contributed by atoms with Crippen molar-refractivity contribution in [2.75, 3.05) is 0 Å². The third kappa shape index (κ3) is 6.39. The number of rotatable bonds is 6. The number of aromatic nitrogens is 3. The lowest BCUT2D eigenvalue weighted by Gasteiger charge is -2.51. The molecule has 53 heavy (non-hydrogen) atoms. The molecule has 9 rings (SSSR count). The first kappa shape index (κ1) is 34.4. The van der Waals surface area contributed by atoms with Crippen LogP contribution in [0.4, 0.5) is 0 Å². The van der Waals surface area contributed by atoms with Crippen molar-refractivity contribution in [3.63, 3.8) is 0 Å². The van der Waals surface area contributed by atoms with Crippen LogP contribution in [0.1, 0.15) is 115 Å². The molecular formula is C49H54N4. The van der Waals surface area contributed by atoms with E-state index in [0.29, 0.717) is 23.0 Å². The molecule has 0 aliphatic heterocycles. The van der Waals surface area contributed by atoms with Crippen molar-refractivity contribution in [2.24, 2.45) is 35.5 Å². The molecule has 4 aliphatic rings. The van der Waals surface area contributed by atoms with Crippen LogP contribution in [0.15, 0.2) is 84.9 Å². The SMILES string of the molecule is CC[C@@H]1C[C@@H]2C[C@H](C)CC(c3ccc(-c4nc(-c5ccc(C67C[C@H](C)C[C@H](C[C@H](C)C6)C7)cc5)nc(-c5ccc6c(C#N)cccc6c5)n4)cc3)(C1)C2. The first-order chi connectivity index (χ1) is 25.7. The predicted molar refractivity (Wildman–Crippen MR) is 216 cm³/mol. The van der Waals surface area contributed by atoms with E-state index in [4.69, 9.17) is 15.0 Å². The van der Waals surface area contributed by atoms with Gasteiger partial charge in [-0.1, -0.05) is 107 Å².